The van der Waals surface area contributed by atoms with Crippen molar-refractivity contribution in [3.05, 3.63) is 85.1 Å². The normalized spacial score (nSPS) is 11.6. The number of benzene rings is 3. The van der Waals surface area contributed by atoms with Crippen LogP contribution in [0.15, 0.2) is 57.7 Å². The van der Waals surface area contributed by atoms with Gasteiger partial charge >= 0.3 is 6.18 Å². The molecule has 0 saturated carbocycles. The largest absolute Gasteiger partial charge is 0.493 e. The van der Waals surface area contributed by atoms with Crippen LogP contribution < -0.4 is 19.6 Å². The fourth-order valence-corrected chi connectivity index (χ4v) is 4.23. The first-order valence-corrected chi connectivity index (χ1v) is 11.3. The van der Waals surface area contributed by atoms with Crippen molar-refractivity contribution in [1.82, 2.24) is 0 Å². The molecule has 0 spiro atoms. The lowest BCUT2D eigenvalue weighted by molar-refractivity contribution is -0.152. The molecule has 0 aliphatic carbocycles. The summed E-state index contributed by atoms with van der Waals surface area (Å²) in [7, 11) is 2.72. The van der Waals surface area contributed by atoms with E-state index in [1.54, 1.807) is 6.07 Å². The van der Waals surface area contributed by atoms with Crippen LogP contribution in [0.5, 0.6) is 17.2 Å². The van der Waals surface area contributed by atoms with E-state index in [9.17, 15) is 18.0 Å². The zero-order valence-electron chi connectivity index (χ0n) is 18.6. The SMILES string of the molecule is COc1ccc(-c2c(C(F)(F)F)oc3cc(OCc4c(Cl)ccc(Cl)c4Cl)ccc3c2=O)cc1OC. The summed E-state index contributed by atoms with van der Waals surface area (Å²) in [5.74, 6) is -0.874. The zero-order chi connectivity index (χ0) is 26.2. The number of alkyl halides is 3. The maximum absolute atomic E-state index is 14.0. The van der Waals surface area contributed by atoms with E-state index >= 15 is 0 Å². The molecule has 0 N–H and O–H groups in total. The number of rotatable bonds is 6. The molecular weight excluding hydrogens is 544 g/mol. The summed E-state index contributed by atoms with van der Waals surface area (Å²) in [5, 5.41) is 0.687. The molecule has 0 aliphatic rings. The summed E-state index contributed by atoms with van der Waals surface area (Å²) in [6.45, 7) is -0.121. The first-order valence-electron chi connectivity index (χ1n) is 10.2. The molecule has 1 heterocycles. The van der Waals surface area contributed by atoms with Crippen LogP contribution >= 0.6 is 34.8 Å². The second kappa shape index (κ2) is 10.1. The fraction of sp³-hybridized carbons (Fsp3) is 0.160. The highest BCUT2D eigenvalue weighted by Gasteiger charge is 2.39. The number of hydrogen-bond donors (Lipinski definition) is 0. The molecule has 3 aromatic carbocycles. The fourth-order valence-electron chi connectivity index (χ4n) is 3.57. The molecule has 0 radical (unpaired) electrons. The van der Waals surface area contributed by atoms with Gasteiger partial charge in [0.25, 0.3) is 0 Å². The molecule has 5 nitrogen and oxygen atoms in total. The standard InChI is InChI=1S/C25H16Cl3F3O5/c1-33-18-8-3-12(9-20(18)34-2)21-23(32)14-5-4-13(10-19(14)36-24(21)25(29,30)31)35-11-15-16(26)6-7-17(27)22(15)28/h3-10H,11H2,1-2H3. The average Bonchev–Trinajstić information content (AvgIpc) is 2.85. The van der Waals surface area contributed by atoms with Gasteiger partial charge in [0.05, 0.1) is 35.2 Å². The topological polar surface area (TPSA) is 57.9 Å². The van der Waals surface area contributed by atoms with Crippen LogP contribution in [-0.2, 0) is 12.8 Å². The number of fused-ring (bicyclic) bond motifs is 1. The lowest BCUT2D eigenvalue weighted by atomic mass is 10.0. The van der Waals surface area contributed by atoms with Crippen LogP contribution in [0.4, 0.5) is 13.2 Å². The van der Waals surface area contributed by atoms with Gasteiger partial charge in [0, 0.05) is 16.7 Å². The summed E-state index contributed by atoms with van der Waals surface area (Å²) < 4.78 is 63.2. The van der Waals surface area contributed by atoms with Gasteiger partial charge in [0.15, 0.2) is 11.5 Å². The molecule has 36 heavy (non-hydrogen) atoms. The lowest BCUT2D eigenvalue weighted by Crippen LogP contribution is -2.16. The average molecular weight is 560 g/mol. The Bertz CT molecular complexity index is 1520. The van der Waals surface area contributed by atoms with Crippen molar-refractivity contribution in [2.75, 3.05) is 14.2 Å². The summed E-state index contributed by atoms with van der Waals surface area (Å²) in [6, 6.07) is 11.0. The zero-order valence-corrected chi connectivity index (χ0v) is 20.9. The maximum atomic E-state index is 14.0. The lowest BCUT2D eigenvalue weighted by Gasteiger charge is -2.15. The summed E-state index contributed by atoms with van der Waals surface area (Å²) in [6.07, 6.45) is -4.96. The van der Waals surface area contributed by atoms with E-state index in [1.807, 2.05) is 0 Å². The van der Waals surface area contributed by atoms with Crippen LogP contribution in [0.2, 0.25) is 15.1 Å². The first kappa shape index (κ1) is 26.0. The summed E-state index contributed by atoms with van der Waals surface area (Å²) >= 11 is 18.3. The Labute approximate surface area is 217 Å². The van der Waals surface area contributed by atoms with Gasteiger partial charge in [0.2, 0.25) is 11.2 Å². The molecule has 11 heteroatoms. The maximum Gasteiger partial charge on any atom is 0.450 e. The number of hydrogen-bond acceptors (Lipinski definition) is 5. The van der Waals surface area contributed by atoms with E-state index in [0.29, 0.717) is 16.3 Å². The highest BCUT2D eigenvalue weighted by atomic mass is 35.5. The van der Waals surface area contributed by atoms with Gasteiger partial charge in [-0.1, -0.05) is 40.9 Å². The Balaban J connectivity index is 1.81. The van der Waals surface area contributed by atoms with Crippen molar-refractivity contribution >= 4 is 45.8 Å². The molecule has 0 atom stereocenters. The molecule has 0 amide bonds. The van der Waals surface area contributed by atoms with Crippen molar-refractivity contribution in [1.29, 1.82) is 0 Å². The van der Waals surface area contributed by atoms with E-state index in [2.05, 4.69) is 0 Å². The quantitative estimate of drug-likeness (QED) is 0.224. The van der Waals surface area contributed by atoms with Gasteiger partial charge in [-0.2, -0.15) is 13.2 Å². The molecule has 0 fully saturated rings. The van der Waals surface area contributed by atoms with Crippen LogP contribution in [0.3, 0.4) is 0 Å². The third-order valence-corrected chi connectivity index (χ3v) is 6.51. The van der Waals surface area contributed by atoms with Gasteiger partial charge in [-0.05, 0) is 42.0 Å². The smallest absolute Gasteiger partial charge is 0.450 e. The Morgan fingerprint density at radius 2 is 1.58 bits per heavy atom. The molecule has 1 aromatic heterocycles. The molecule has 188 valence electrons. The number of ether oxygens (including phenoxy) is 3. The van der Waals surface area contributed by atoms with Gasteiger partial charge in [-0.15, -0.1) is 0 Å². The third-order valence-electron chi connectivity index (χ3n) is 5.32. The predicted octanol–water partition coefficient (Wildman–Crippen LogP) is 8.04. The highest BCUT2D eigenvalue weighted by molar-refractivity contribution is 6.44. The van der Waals surface area contributed by atoms with Gasteiger partial charge in [-0.3, -0.25) is 4.79 Å². The molecule has 0 unspecified atom stereocenters. The summed E-state index contributed by atoms with van der Waals surface area (Å²) in [4.78, 5) is 13.2. The second-order valence-corrected chi connectivity index (χ2v) is 8.66. The minimum Gasteiger partial charge on any atom is -0.493 e. The van der Waals surface area contributed by atoms with Gasteiger partial charge in [-0.25, -0.2) is 0 Å². The van der Waals surface area contributed by atoms with Crippen molar-refractivity contribution in [3.8, 4) is 28.4 Å². The molecular formula is C25H16Cl3F3O5. The van der Waals surface area contributed by atoms with Crippen molar-refractivity contribution in [2.24, 2.45) is 0 Å². The minimum absolute atomic E-state index is 0.0406. The molecule has 0 bridgehead atoms. The molecule has 4 aromatic rings. The van der Waals surface area contributed by atoms with E-state index in [1.165, 1.54) is 56.7 Å². The molecule has 0 aliphatic heterocycles. The van der Waals surface area contributed by atoms with Gasteiger partial charge < -0.3 is 18.6 Å². The second-order valence-electron chi connectivity index (χ2n) is 7.47. The van der Waals surface area contributed by atoms with Crippen LogP contribution in [0, 0.1) is 0 Å². The first-order chi connectivity index (χ1) is 17.0. The Morgan fingerprint density at radius 1 is 0.889 bits per heavy atom. The third kappa shape index (κ3) is 4.93. The van der Waals surface area contributed by atoms with Crippen molar-refractivity contribution < 1.29 is 31.8 Å². The number of methoxy groups -OCH3 is 2. The van der Waals surface area contributed by atoms with E-state index in [4.69, 9.17) is 53.4 Å². The molecule has 0 saturated heterocycles. The van der Waals surface area contributed by atoms with Crippen LogP contribution in [0.1, 0.15) is 11.3 Å². The van der Waals surface area contributed by atoms with E-state index < -0.39 is 22.9 Å². The Hall–Kier alpha value is -3.07. The van der Waals surface area contributed by atoms with Crippen molar-refractivity contribution in [2.45, 2.75) is 12.8 Å². The Morgan fingerprint density at radius 3 is 2.25 bits per heavy atom. The van der Waals surface area contributed by atoms with Crippen LogP contribution in [-0.4, -0.2) is 14.2 Å². The monoisotopic (exact) mass is 558 g/mol. The van der Waals surface area contributed by atoms with Gasteiger partial charge in [0.1, 0.15) is 17.9 Å². The number of halogens is 6. The van der Waals surface area contributed by atoms with E-state index in [-0.39, 0.29) is 44.7 Å². The Kier molecular flexibility index (Phi) is 7.31. The minimum atomic E-state index is -4.96. The van der Waals surface area contributed by atoms with E-state index in [0.717, 1.165) is 0 Å². The van der Waals surface area contributed by atoms with Crippen LogP contribution in [0.25, 0.3) is 22.1 Å². The summed E-state index contributed by atoms with van der Waals surface area (Å²) in [5.41, 5.74) is -1.48. The van der Waals surface area contributed by atoms with Crippen molar-refractivity contribution in [3.63, 3.8) is 0 Å². The molecule has 4 rings (SSSR count). The predicted molar refractivity (Wildman–Crippen MR) is 132 cm³/mol. The highest BCUT2D eigenvalue weighted by Crippen LogP contribution is 2.40.